The summed E-state index contributed by atoms with van der Waals surface area (Å²) in [5.41, 5.74) is 1.51. The third-order valence-electron chi connectivity index (χ3n) is 3.50. The van der Waals surface area contributed by atoms with Crippen molar-refractivity contribution in [3.8, 4) is 11.5 Å². The number of hydrogen-bond acceptors (Lipinski definition) is 5. The van der Waals surface area contributed by atoms with Gasteiger partial charge in [0.05, 0.1) is 19.3 Å². The van der Waals surface area contributed by atoms with Crippen LogP contribution in [0.25, 0.3) is 0 Å². The van der Waals surface area contributed by atoms with Gasteiger partial charge in [-0.1, -0.05) is 11.6 Å². The first-order chi connectivity index (χ1) is 11.6. The van der Waals surface area contributed by atoms with Crippen molar-refractivity contribution in [3.63, 3.8) is 0 Å². The largest absolute Gasteiger partial charge is 0.494 e. The van der Waals surface area contributed by atoms with E-state index in [1.54, 1.807) is 12.1 Å². The molecule has 1 aliphatic heterocycles. The molecule has 5 nitrogen and oxygen atoms in total. The molecule has 0 bridgehead atoms. The van der Waals surface area contributed by atoms with Crippen molar-refractivity contribution < 1.29 is 28.1 Å². The minimum Gasteiger partial charge on any atom is -0.494 e. The number of hydrogen-bond donors (Lipinski definition) is 0. The van der Waals surface area contributed by atoms with Crippen molar-refractivity contribution >= 4 is 17.6 Å². The lowest BCUT2D eigenvalue weighted by atomic mass is 10.1. The lowest BCUT2D eigenvalue weighted by Gasteiger charge is -2.21. The van der Waals surface area contributed by atoms with Crippen LogP contribution in [-0.4, -0.2) is 19.9 Å². The Kier molecular flexibility index (Phi) is 4.87. The molecule has 2 aromatic carbocycles. The smallest absolute Gasteiger partial charge is 0.338 e. The third kappa shape index (κ3) is 3.44. The molecule has 1 heterocycles. The molecule has 0 atom stereocenters. The predicted octanol–water partition coefficient (Wildman–Crippen LogP) is 3.71. The molecule has 7 heteroatoms. The summed E-state index contributed by atoms with van der Waals surface area (Å²) in [7, 11) is 1.35. The lowest BCUT2D eigenvalue weighted by Crippen LogP contribution is -2.14. The van der Waals surface area contributed by atoms with E-state index >= 15 is 0 Å². The van der Waals surface area contributed by atoms with Gasteiger partial charge in [-0.2, -0.15) is 0 Å². The van der Waals surface area contributed by atoms with Crippen molar-refractivity contribution in [2.45, 2.75) is 13.2 Å². The molecule has 2 aromatic rings. The van der Waals surface area contributed by atoms with E-state index < -0.39 is 11.8 Å². The van der Waals surface area contributed by atoms with Gasteiger partial charge in [0.15, 0.2) is 18.4 Å². The van der Waals surface area contributed by atoms with E-state index in [0.717, 1.165) is 11.6 Å². The molecule has 0 saturated heterocycles. The summed E-state index contributed by atoms with van der Waals surface area (Å²) in [5.74, 6) is -0.631. The number of methoxy groups -OCH3 is 1. The summed E-state index contributed by atoms with van der Waals surface area (Å²) >= 11 is 6.05. The van der Waals surface area contributed by atoms with Crippen LogP contribution in [0.4, 0.5) is 4.39 Å². The molecule has 0 radical (unpaired) electrons. The SMILES string of the molecule is COc1ccc(C(=O)OCc2cc(Cl)cc3c2OCOC3)cc1F. The highest BCUT2D eigenvalue weighted by atomic mass is 35.5. The van der Waals surface area contributed by atoms with Crippen molar-refractivity contribution in [2.75, 3.05) is 13.9 Å². The maximum absolute atomic E-state index is 13.7. The molecule has 0 spiro atoms. The molecule has 0 N–H and O–H groups in total. The molecule has 0 fully saturated rings. The average molecular weight is 353 g/mol. The summed E-state index contributed by atoms with van der Waals surface area (Å²) in [5, 5.41) is 0.490. The zero-order chi connectivity index (χ0) is 17.1. The topological polar surface area (TPSA) is 54.0 Å². The first kappa shape index (κ1) is 16.5. The minimum absolute atomic E-state index is 0.0463. The number of benzene rings is 2. The maximum Gasteiger partial charge on any atom is 0.338 e. The quantitative estimate of drug-likeness (QED) is 0.785. The normalized spacial score (nSPS) is 13.0. The van der Waals surface area contributed by atoms with Gasteiger partial charge in [0.1, 0.15) is 12.4 Å². The first-order valence-corrected chi connectivity index (χ1v) is 7.49. The monoisotopic (exact) mass is 352 g/mol. The van der Waals surface area contributed by atoms with E-state index in [9.17, 15) is 9.18 Å². The molecule has 0 unspecified atom stereocenters. The zero-order valence-corrected chi connectivity index (χ0v) is 13.6. The Labute approximate surface area is 142 Å². The van der Waals surface area contributed by atoms with Gasteiger partial charge in [0.2, 0.25) is 0 Å². The summed E-state index contributed by atoms with van der Waals surface area (Å²) in [4.78, 5) is 12.1. The van der Waals surface area contributed by atoms with Crippen LogP contribution in [0.5, 0.6) is 11.5 Å². The molecule has 126 valence electrons. The van der Waals surface area contributed by atoms with Gasteiger partial charge in [-0.25, -0.2) is 9.18 Å². The number of carbonyl (C=O) groups is 1. The van der Waals surface area contributed by atoms with Gasteiger partial charge in [-0.05, 0) is 30.3 Å². The van der Waals surface area contributed by atoms with Crippen LogP contribution in [0, 0.1) is 5.82 Å². The van der Waals surface area contributed by atoms with E-state index in [0.29, 0.717) is 22.9 Å². The molecule has 1 aliphatic rings. The molecule has 0 aliphatic carbocycles. The summed E-state index contributed by atoms with van der Waals surface area (Å²) < 4.78 is 34.4. The van der Waals surface area contributed by atoms with Gasteiger partial charge >= 0.3 is 5.97 Å². The standard InChI is InChI=1S/C17H14ClFO5/c1-21-15-3-2-10(6-14(15)19)17(20)23-8-12-5-13(18)4-11-7-22-9-24-16(11)12/h2-6H,7-9H2,1H3. The molecule has 3 rings (SSSR count). The van der Waals surface area contributed by atoms with Crippen LogP contribution in [0.1, 0.15) is 21.5 Å². The van der Waals surface area contributed by atoms with Crippen molar-refractivity contribution in [3.05, 3.63) is 57.9 Å². The lowest BCUT2D eigenvalue weighted by molar-refractivity contribution is -0.0180. The fourth-order valence-corrected chi connectivity index (χ4v) is 2.65. The van der Waals surface area contributed by atoms with Crippen molar-refractivity contribution in [1.82, 2.24) is 0 Å². The van der Waals surface area contributed by atoms with Crippen LogP contribution in [-0.2, 0) is 22.7 Å². The second-order valence-corrected chi connectivity index (χ2v) is 5.53. The van der Waals surface area contributed by atoms with Crippen LogP contribution >= 0.6 is 11.6 Å². The first-order valence-electron chi connectivity index (χ1n) is 7.11. The van der Waals surface area contributed by atoms with E-state index in [4.69, 9.17) is 30.5 Å². The van der Waals surface area contributed by atoms with Gasteiger partial charge in [0, 0.05) is 16.1 Å². The number of ether oxygens (including phenoxy) is 4. The fourth-order valence-electron chi connectivity index (χ4n) is 2.38. The number of carbonyl (C=O) groups excluding carboxylic acids is 1. The minimum atomic E-state index is -0.655. The number of esters is 1. The van der Waals surface area contributed by atoms with Crippen LogP contribution in [0.2, 0.25) is 5.02 Å². The molecule has 0 aromatic heterocycles. The van der Waals surface area contributed by atoms with Gasteiger partial charge in [0.25, 0.3) is 0 Å². The number of fused-ring (bicyclic) bond motifs is 1. The van der Waals surface area contributed by atoms with E-state index in [1.165, 1.54) is 19.2 Å². The summed E-state index contributed by atoms with van der Waals surface area (Å²) in [6.45, 7) is 0.454. The van der Waals surface area contributed by atoms with E-state index in [1.807, 2.05) is 0 Å². The Morgan fingerprint density at radius 1 is 1.33 bits per heavy atom. The molecular formula is C17H14ClFO5. The second kappa shape index (κ2) is 7.07. The second-order valence-electron chi connectivity index (χ2n) is 5.09. The molecule has 0 saturated carbocycles. The highest BCUT2D eigenvalue weighted by molar-refractivity contribution is 6.30. The van der Waals surface area contributed by atoms with E-state index in [2.05, 4.69) is 0 Å². The Bertz CT molecular complexity index is 778. The van der Waals surface area contributed by atoms with Crippen LogP contribution in [0.3, 0.4) is 0 Å². The zero-order valence-electron chi connectivity index (χ0n) is 12.8. The fraction of sp³-hybridized carbons (Fsp3) is 0.235. The highest BCUT2D eigenvalue weighted by Gasteiger charge is 2.18. The van der Waals surface area contributed by atoms with Gasteiger partial charge in [-0.15, -0.1) is 0 Å². The Hall–Kier alpha value is -2.31. The van der Waals surface area contributed by atoms with Crippen LogP contribution in [0.15, 0.2) is 30.3 Å². The Morgan fingerprint density at radius 3 is 2.92 bits per heavy atom. The highest BCUT2D eigenvalue weighted by Crippen LogP contribution is 2.32. The van der Waals surface area contributed by atoms with Gasteiger partial charge in [-0.3, -0.25) is 0 Å². The number of halogens is 2. The maximum atomic E-state index is 13.7. The number of rotatable bonds is 4. The molecule has 24 heavy (non-hydrogen) atoms. The molecule has 0 amide bonds. The van der Waals surface area contributed by atoms with E-state index in [-0.39, 0.29) is 24.7 Å². The van der Waals surface area contributed by atoms with Gasteiger partial charge < -0.3 is 18.9 Å². The Morgan fingerprint density at radius 2 is 2.17 bits per heavy atom. The summed E-state index contributed by atoms with van der Waals surface area (Å²) in [6, 6.07) is 7.27. The third-order valence-corrected chi connectivity index (χ3v) is 3.72. The van der Waals surface area contributed by atoms with Crippen LogP contribution < -0.4 is 9.47 Å². The predicted molar refractivity (Wildman–Crippen MR) is 83.8 cm³/mol. The van der Waals surface area contributed by atoms with Crippen molar-refractivity contribution in [1.29, 1.82) is 0 Å². The van der Waals surface area contributed by atoms with Crippen molar-refractivity contribution in [2.24, 2.45) is 0 Å². The molecular weight excluding hydrogens is 339 g/mol. The average Bonchev–Trinajstić information content (AvgIpc) is 2.59. The summed E-state index contributed by atoms with van der Waals surface area (Å²) in [6.07, 6.45) is 0. The Balaban J connectivity index is 1.75.